The van der Waals surface area contributed by atoms with Gasteiger partial charge in [0, 0.05) is 17.3 Å². The number of aliphatic hydroxyl groups excluding tert-OH is 1. The molecule has 2 N–H and O–H groups in total. The molecule has 0 fully saturated rings. The summed E-state index contributed by atoms with van der Waals surface area (Å²) in [5.41, 5.74) is 2.84. The molecule has 2 aromatic carbocycles. The summed E-state index contributed by atoms with van der Waals surface area (Å²) < 4.78 is 5.74. The summed E-state index contributed by atoms with van der Waals surface area (Å²) in [5, 5.41) is 13.6. The first-order valence-electron chi connectivity index (χ1n) is 6.91. The number of aromatic nitrogens is 1. The van der Waals surface area contributed by atoms with Crippen LogP contribution >= 0.6 is 34.8 Å². The molecule has 1 atom stereocenters. The van der Waals surface area contributed by atoms with Crippen LogP contribution in [0.15, 0.2) is 40.8 Å². The molecule has 23 heavy (non-hydrogen) atoms. The summed E-state index contributed by atoms with van der Waals surface area (Å²) in [4.78, 5) is 4.46. The molecule has 7 heteroatoms. The second kappa shape index (κ2) is 6.97. The van der Waals surface area contributed by atoms with Gasteiger partial charge < -0.3 is 14.8 Å². The van der Waals surface area contributed by atoms with Crippen LogP contribution in [0, 0.1) is 0 Å². The van der Waals surface area contributed by atoms with Gasteiger partial charge in [-0.05, 0) is 36.4 Å². The monoisotopic (exact) mass is 370 g/mol. The maximum Gasteiger partial charge on any atom is 0.228 e. The van der Waals surface area contributed by atoms with Gasteiger partial charge in [0.25, 0.3) is 0 Å². The quantitative estimate of drug-likeness (QED) is 0.632. The van der Waals surface area contributed by atoms with Crippen molar-refractivity contribution in [1.82, 2.24) is 4.98 Å². The van der Waals surface area contributed by atoms with E-state index in [2.05, 4.69) is 10.3 Å². The third kappa shape index (κ3) is 3.72. The number of halogens is 3. The van der Waals surface area contributed by atoms with E-state index in [1.165, 1.54) is 0 Å². The summed E-state index contributed by atoms with van der Waals surface area (Å²) in [7, 11) is 0. The molecule has 0 saturated heterocycles. The number of rotatable bonds is 5. The van der Waals surface area contributed by atoms with E-state index in [-0.39, 0.29) is 5.88 Å². The maximum atomic E-state index is 9.48. The Hall–Kier alpha value is -1.46. The predicted octanol–water partition coefficient (Wildman–Crippen LogP) is 4.81. The number of nitrogens with zero attached hydrogens (tertiary/aromatic N) is 1. The van der Waals surface area contributed by atoms with Crippen molar-refractivity contribution in [1.29, 1.82) is 0 Å². The number of aliphatic hydroxyl groups is 1. The van der Waals surface area contributed by atoms with Gasteiger partial charge in [0.15, 0.2) is 5.58 Å². The molecule has 0 amide bonds. The van der Waals surface area contributed by atoms with Gasteiger partial charge in [-0.3, -0.25) is 0 Å². The number of benzene rings is 2. The molecule has 1 heterocycles. The van der Waals surface area contributed by atoms with E-state index >= 15 is 0 Å². The average molecular weight is 372 g/mol. The number of alkyl halides is 1. The third-order valence-electron chi connectivity index (χ3n) is 3.27. The Morgan fingerprint density at radius 3 is 2.74 bits per heavy atom. The number of nitrogens with one attached hydrogen (secondary N) is 1. The van der Waals surface area contributed by atoms with Crippen LogP contribution in [0.5, 0.6) is 0 Å². The van der Waals surface area contributed by atoms with Crippen molar-refractivity contribution in [3.63, 3.8) is 0 Å². The number of oxazole rings is 1. The normalized spacial score (nSPS) is 12.5. The van der Waals surface area contributed by atoms with E-state index in [0.29, 0.717) is 39.1 Å². The van der Waals surface area contributed by atoms with Crippen LogP contribution in [-0.4, -0.2) is 28.6 Å². The fraction of sp³-hybridized carbons (Fsp3) is 0.188. The molecule has 0 aliphatic heterocycles. The minimum Gasteiger partial charge on any atom is -0.436 e. The largest absolute Gasteiger partial charge is 0.436 e. The number of fused-ring (bicyclic) bond motifs is 1. The highest BCUT2D eigenvalue weighted by Gasteiger charge is 2.12. The molecule has 3 aromatic rings. The van der Waals surface area contributed by atoms with Gasteiger partial charge in [0.1, 0.15) is 5.52 Å². The van der Waals surface area contributed by atoms with Crippen molar-refractivity contribution >= 4 is 51.6 Å². The summed E-state index contributed by atoms with van der Waals surface area (Å²) in [6, 6.07) is 10.7. The van der Waals surface area contributed by atoms with E-state index in [0.717, 1.165) is 5.69 Å². The van der Waals surface area contributed by atoms with E-state index in [1.54, 1.807) is 18.2 Å². The van der Waals surface area contributed by atoms with Crippen LogP contribution in [0.1, 0.15) is 0 Å². The zero-order valence-electron chi connectivity index (χ0n) is 11.9. The number of anilines is 1. The van der Waals surface area contributed by atoms with Gasteiger partial charge in [-0.1, -0.05) is 23.2 Å². The second-order valence-corrected chi connectivity index (χ2v) is 6.17. The van der Waals surface area contributed by atoms with Gasteiger partial charge >= 0.3 is 0 Å². The fourth-order valence-corrected chi connectivity index (χ4v) is 2.70. The van der Waals surface area contributed by atoms with E-state index in [9.17, 15) is 5.11 Å². The molecule has 1 aromatic heterocycles. The average Bonchev–Trinajstić information content (AvgIpc) is 2.95. The molecule has 3 rings (SSSR count). The highest BCUT2D eigenvalue weighted by molar-refractivity contribution is 6.36. The zero-order valence-corrected chi connectivity index (χ0v) is 14.2. The van der Waals surface area contributed by atoms with Crippen LogP contribution in [0.3, 0.4) is 0 Å². The number of hydrogen-bond donors (Lipinski definition) is 2. The lowest BCUT2D eigenvalue weighted by atomic mass is 10.2. The lowest BCUT2D eigenvalue weighted by molar-refractivity contribution is 0.211. The van der Waals surface area contributed by atoms with Crippen LogP contribution in [0.2, 0.25) is 10.0 Å². The Labute approximate surface area is 148 Å². The molecular formula is C16H13Cl3N2O2. The summed E-state index contributed by atoms with van der Waals surface area (Å²) in [6.45, 7) is 0.364. The topological polar surface area (TPSA) is 58.3 Å². The molecule has 1 unspecified atom stereocenters. The maximum absolute atomic E-state index is 9.48. The third-order valence-corrected chi connectivity index (χ3v) is 4.17. The van der Waals surface area contributed by atoms with E-state index in [1.807, 2.05) is 18.2 Å². The predicted molar refractivity (Wildman–Crippen MR) is 94.7 cm³/mol. The Kier molecular flexibility index (Phi) is 4.97. The van der Waals surface area contributed by atoms with Crippen LogP contribution in [-0.2, 0) is 0 Å². The Morgan fingerprint density at radius 1 is 1.17 bits per heavy atom. The van der Waals surface area contributed by atoms with Gasteiger partial charge in [-0.25, -0.2) is 4.98 Å². The molecule has 0 spiro atoms. The first kappa shape index (κ1) is 16.4. The summed E-state index contributed by atoms with van der Waals surface area (Å²) >= 11 is 17.7. The van der Waals surface area contributed by atoms with Gasteiger partial charge in [0.05, 0.1) is 22.6 Å². The minimum atomic E-state index is -0.604. The summed E-state index contributed by atoms with van der Waals surface area (Å²) in [6.07, 6.45) is -0.604. The van der Waals surface area contributed by atoms with Crippen molar-refractivity contribution in [3.8, 4) is 11.5 Å². The zero-order chi connectivity index (χ0) is 16.4. The van der Waals surface area contributed by atoms with E-state index in [4.69, 9.17) is 39.2 Å². The highest BCUT2D eigenvalue weighted by Crippen LogP contribution is 2.32. The van der Waals surface area contributed by atoms with Crippen molar-refractivity contribution in [3.05, 3.63) is 46.4 Å². The lowest BCUT2D eigenvalue weighted by Crippen LogP contribution is -2.20. The van der Waals surface area contributed by atoms with E-state index < -0.39 is 6.10 Å². The smallest absolute Gasteiger partial charge is 0.228 e. The molecule has 0 aliphatic carbocycles. The lowest BCUT2D eigenvalue weighted by Gasteiger charge is -2.09. The van der Waals surface area contributed by atoms with Gasteiger partial charge in [-0.15, -0.1) is 11.6 Å². The number of hydrogen-bond acceptors (Lipinski definition) is 4. The van der Waals surface area contributed by atoms with Gasteiger partial charge in [-0.2, -0.15) is 0 Å². The first-order valence-corrected chi connectivity index (χ1v) is 8.20. The van der Waals surface area contributed by atoms with Crippen LogP contribution in [0.25, 0.3) is 22.6 Å². The molecule has 0 aliphatic rings. The van der Waals surface area contributed by atoms with Crippen molar-refractivity contribution in [2.45, 2.75) is 6.10 Å². The van der Waals surface area contributed by atoms with Crippen LogP contribution < -0.4 is 5.32 Å². The molecular weight excluding hydrogens is 359 g/mol. The van der Waals surface area contributed by atoms with Crippen molar-refractivity contribution in [2.24, 2.45) is 0 Å². The van der Waals surface area contributed by atoms with Crippen molar-refractivity contribution in [2.75, 3.05) is 17.7 Å². The summed E-state index contributed by atoms with van der Waals surface area (Å²) in [5.74, 6) is 0.609. The second-order valence-electron chi connectivity index (χ2n) is 5.01. The SMILES string of the molecule is OC(CCl)CNc1ccc2oc(-c3ccc(Cl)cc3Cl)nc2c1. The van der Waals surface area contributed by atoms with Crippen molar-refractivity contribution < 1.29 is 9.52 Å². The highest BCUT2D eigenvalue weighted by atomic mass is 35.5. The Bertz CT molecular complexity index is 835. The van der Waals surface area contributed by atoms with Crippen LogP contribution in [0.4, 0.5) is 5.69 Å². The molecule has 4 nitrogen and oxygen atoms in total. The molecule has 0 bridgehead atoms. The Morgan fingerprint density at radius 2 is 2.00 bits per heavy atom. The molecule has 0 radical (unpaired) electrons. The molecule has 120 valence electrons. The first-order chi connectivity index (χ1) is 11.1. The van der Waals surface area contributed by atoms with Gasteiger partial charge in [0.2, 0.25) is 5.89 Å². The molecule has 0 saturated carbocycles. The Balaban J connectivity index is 1.90. The standard InChI is InChI=1S/C16H13Cl3N2O2/c17-7-11(22)8-20-10-2-4-15-14(6-10)21-16(23-15)12-3-1-9(18)5-13(12)19/h1-6,11,20,22H,7-8H2. The fourth-order valence-electron chi connectivity index (χ4n) is 2.11. The minimum absolute atomic E-state index is 0.179.